The average molecular weight is 703 g/mol. The summed E-state index contributed by atoms with van der Waals surface area (Å²) >= 11 is 0. The van der Waals surface area contributed by atoms with Gasteiger partial charge in [0.05, 0.1) is 55.5 Å². The summed E-state index contributed by atoms with van der Waals surface area (Å²) in [4.78, 5) is 43.1. The number of aliphatic imine (C=N–C) groups is 4. The van der Waals surface area contributed by atoms with Gasteiger partial charge in [-0.3, -0.25) is 20.2 Å². The molecule has 9 rings (SSSR count). The van der Waals surface area contributed by atoms with E-state index in [4.69, 9.17) is 20.0 Å². The van der Waals surface area contributed by atoms with Crippen molar-refractivity contribution < 1.29 is 9.85 Å². The van der Waals surface area contributed by atoms with Crippen molar-refractivity contribution in [3.63, 3.8) is 0 Å². The van der Waals surface area contributed by atoms with Gasteiger partial charge in [0.15, 0.2) is 0 Å². The van der Waals surface area contributed by atoms with E-state index in [2.05, 4.69) is 0 Å². The molecule has 0 N–H and O–H groups in total. The van der Waals surface area contributed by atoms with Crippen molar-refractivity contribution in [3.8, 4) is 0 Å². The van der Waals surface area contributed by atoms with Crippen molar-refractivity contribution in [1.82, 2.24) is 0 Å². The maximum absolute atomic E-state index is 11.6. The molecule has 0 spiro atoms. The highest BCUT2D eigenvalue weighted by molar-refractivity contribution is 6.39. The molecule has 8 bridgehead atoms. The number of hydrogen-bond acceptors (Lipinski definition) is 8. The van der Waals surface area contributed by atoms with Crippen LogP contribution in [0.4, 0.5) is 11.4 Å². The Bertz CT molecular complexity index is 2510. The van der Waals surface area contributed by atoms with E-state index in [0.29, 0.717) is 45.6 Å². The predicted molar refractivity (Wildman–Crippen MR) is 213 cm³/mol. The lowest BCUT2D eigenvalue weighted by atomic mass is 9.98. The van der Waals surface area contributed by atoms with Gasteiger partial charge in [0.2, 0.25) is 0 Å². The molecule has 0 fully saturated rings. The number of fused-ring (bicyclic) bond motifs is 4. The van der Waals surface area contributed by atoms with Gasteiger partial charge in [-0.2, -0.15) is 0 Å². The van der Waals surface area contributed by atoms with Gasteiger partial charge in [-0.05, 0) is 95.1 Å². The topological polar surface area (TPSA) is 136 Å². The monoisotopic (exact) mass is 702 g/mol. The molecule has 0 radical (unpaired) electrons. The molecule has 0 amide bonds. The standard InChI is InChI=1S/C44H26N6O4/c51-49(52)31-15-11-29(12-16-31)43-37-23-19-33(45-37)41(27-7-3-1-4-8-27)34-20-24-38(46-34)44(30-13-17-32(18-14-30)50(53)54)40-26-22-36(48-40)42(28-9-5-2-6-10-28)35-21-25-39(43)47-35/h1-26H. The summed E-state index contributed by atoms with van der Waals surface area (Å²) in [5.41, 5.74) is 11.6. The second-order valence-electron chi connectivity index (χ2n) is 12.7. The summed E-state index contributed by atoms with van der Waals surface area (Å²) in [5.74, 6) is 0. The maximum atomic E-state index is 11.6. The van der Waals surface area contributed by atoms with Crippen LogP contribution in [0.5, 0.6) is 0 Å². The summed E-state index contributed by atoms with van der Waals surface area (Å²) in [5, 5.41) is 23.1. The number of non-ortho nitro benzene ring substituents is 2. The van der Waals surface area contributed by atoms with Crippen LogP contribution in [0.15, 0.2) is 201 Å². The van der Waals surface area contributed by atoms with Gasteiger partial charge in [0.25, 0.3) is 11.4 Å². The molecule has 0 saturated carbocycles. The molecule has 0 unspecified atom stereocenters. The average Bonchev–Trinajstić information content (AvgIpc) is 4.04. The molecule has 5 aliphatic rings. The summed E-state index contributed by atoms with van der Waals surface area (Å²) in [7, 11) is 0. The lowest BCUT2D eigenvalue weighted by molar-refractivity contribution is -0.385. The smallest absolute Gasteiger partial charge is 0.258 e. The lowest BCUT2D eigenvalue weighted by Gasteiger charge is -2.12. The quantitative estimate of drug-likeness (QED) is 0.146. The number of nitro groups is 2. The number of hydrogen-bond donors (Lipinski definition) is 0. The SMILES string of the molecule is O=[N+]([O-])c1ccc(C2=C3C=CC(=N3)C(c3ccccc3)=C3C=CC(=N3)C(c3ccc([N+](=O)[O-])cc3)=C3C=CC(=N3)C(c3ccccc3)=C3C=CC2=N3)cc1. The van der Waals surface area contributed by atoms with Gasteiger partial charge < -0.3 is 0 Å². The fourth-order valence-corrected chi connectivity index (χ4v) is 6.98. The van der Waals surface area contributed by atoms with Crippen LogP contribution in [0.2, 0.25) is 0 Å². The number of benzene rings is 4. The second-order valence-corrected chi connectivity index (χ2v) is 12.7. The molecule has 10 nitrogen and oxygen atoms in total. The van der Waals surface area contributed by atoms with Crippen molar-refractivity contribution in [3.05, 3.63) is 223 Å². The minimum absolute atomic E-state index is 0.0136. The van der Waals surface area contributed by atoms with Crippen molar-refractivity contribution in [2.24, 2.45) is 20.0 Å². The highest BCUT2D eigenvalue weighted by atomic mass is 16.6. The van der Waals surface area contributed by atoms with Gasteiger partial charge in [0, 0.05) is 46.6 Å². The molecule has 0 saturated heterocycles. The van der Waals surface area contributed by atoms with E-state index in [1.807, 2.05) is 109 Å². The largest absolute Gasteiger partial charge is 0.269 e. The Morgan fingerprint density at radius 3 is 0.852 bits per heavy atom. The highest BCUT2D eigenvalue weighted by Crippen LogP contribution is 2.39. The molecule has 0 aromatic heterocycles. The number of allylic oxidation sites excluding steroid dienone is 12. The van der Waals surface area contributed by atoms with Crippen LogP contribution < -0.4 is 0 Å². The first-order valence-corrected chi connectivity index (χ1v) is 17.1. The van der Waals surface area contributed by atoms with Crippen molar-refractivity contribution in [2.75, 3.05) is 0 Å². The number of rotatable bonds is 6. The Kier molecular flexibility index (Phi) is 7.82. The first kappa shape index (κ1) is 32.2. The third-order valence-electron chi connectivity index (χ3n) is 9.47. The summed E-state index contributed by atoms with van der Waals surface area (Å²) < 4.78 is 0. The van der Waals surface area contributed by atoms with E-state index in [1.54, 1.807) is 24.3 Å². The molecule has 4 aromatic rings. The molecule has 5 heterocycles. The van der Waals surface area contributed by atoms with Crippen molar-refractivity contribution in [2.45, 2.75) is 0 Å². The zero-order chi connectivity index (χ0) is 36.8. The fourth-order valence-electron chi connectivity index (χ4n) is 6.98. The molecular formula is C44H26N6O4. The normalized spacial score (nSPS) is 17.0. The predicted octanol–water partition coefficient (Wildman–Crippen LogP) is 9.50. The Hall–Kier alpha value is -7.72. The van der Waals surface area contributed by atoms with Crippen LogP contribution in [-0.4, -0.2) is 32.7 Å². The zero-order valence-electron chi connectivity index (χ0n) is 28.3. The highest BCUT2D eigenvalue weighted by Gasteiger charge is 2.28. The van der Waals surface area contributed by atoms with Crippen molar-refractivity contribution >= 4 is 56.5 Å². The summed E-state index contributed by atoms with van der Waals surface area (Å²) in [6, 6.07) is 32.6. The van der Waals surface area contributed by atoms with E-state index < -0.39 is 9.85 Å². The van der Waals surface area contributed by atoms with Crippen LogP contribution in [0.25, 0.3) is 22.3 Å². The third kappa shape index (κ3) is 5.73. The fraction of sp³-hybridized carbons (Fsp3) is 0. The molecule has 256 valence electrons. The Morgan fingerprint density at radius 1 is 0.333 bits per heavy atom. The minimum atomic E-state index is -0.417. The molecular weight excluding hydrogens is 677 g/mol. The molecule has 54 heavy (non-hydrogen) atoms. The van der Waals surface area contributed by atoms with Crippen LogP contribution >= 0.6 is 0 Å². The first-order valence-electron chi connectivity index (χ1n) is 17.1. The Morgan fingerprint density at radius 2 is 0.593 bits per heavy atom. The molecule has 4 aromatic carbocycles. The van der Waals surface area contributed by atoms with E-state index in [9.17, 15) is 20.2 Å². The van der Waals surface area contributed by atoms with Crippen molar-refractivity contribution in [1.29, 1.82) is 0 Å². The lowest BCUT2D eigenvalue weighted by Crippen LogP contribution is -2.04. The minimum Gasteiger partial charge on any atom is -0.258 e. The van der Waals surface area contributed by atoms with Gasteiger partial charge in [-0.25, -0.2) is 20.0 Å². The second kappa shape index (κ2) is 13.1. The van der Waals surface area contributed by atoms with Crippen LogP contribution in [0.3, 0.4) is 0 Å². The van der Waals surface area contributed by atoms with Gasteiger partial charge in [-0.1, -0.05) is 60.7 Å². The number of nitro benzene ring substituents is 2. The van der Waals surface area contributed by atoms with E-state index in [1.165, 1.54) is 24.3 Å². The summed E-state index contributed by atoms with van der Waals surface area (Å²) in [6.45, 7) is 0. The maximum Gasteiger partial charge on any atom is 0.269 e. The van der Waals surface area contributed by atoms with Gasteiger partial charge in [0.1, 0.15) is 0 Å². The molecule has 5 aliphatic heterocycles. The molecule has 0 aliphatic carbocycles. The van der Waals surface area contributed by atoms with Crippen LogP contribution in [0, 0.1) is 20.2 Å². The number of nitrogens with zero attached hydrogens (tertiary/aromatic N) is 6. The first-order chi connectivity index (χ1) is 26.4. The van der Waals surface area contributed by atoms with Crippen LogP contribution in [0.1, 0.15) is 22.3 Å². The molecule has 0 atom stereocenters. The van der Waals surface area contributed by atoms with Gasteiger partial charge in [-0.15, -0.1) is 0 Å². The molecule has 10 heteroatoms. The van der Waals surface area contributed by atoms with E-state index >= 15 is 0 Å². The zero-order valence-corrected chi connectivity index (χ0v) is 28.3. The van der Waals surface area contributed by atoms with Crippen LogP contribution in [-0.2, 0) is 0 Å². The van der Waals surface area contributed by atoms with Gasteiger partial charge >= 0.3 is 0 Å². The Balaban J connectivity index is 1.35. The summed E-state index contributed by atoms with van der Waals surface area (Å²) in [6.07, 6.45) is 15.6. The van der Waals surface area contributed by atoms with E-state index in [-0.39, 0.29) is 11.4 Å². The Labute approximate surface area is 308 Å². The third-order valence-corrected chi connectivity index (χ3v) is 9.47. The van der Waals surface area contributed by atoms with E-state index in [0.717, 1.165) is 44.5 Å².